The maximum Gasteiger partial charge on any atom is 0.155 e. The van der Waals surface area contributed by atoms with Crippen molar-refractivity contribution in [2.75, 3.05) is 0 Å². The molecular weight excluding hydrogens is 779 g/mol. The summed E-state index contributed by atoms with van der Waals surface area (Å²) in [6.07, 6.45) is 0.815. The topological polar surface area (TPSA) is 29.6 Å². The number of thiophene rings is 2. The Hall–Kier alpha value is -6.92. The van der Waals surface area contributed by atoms with Gasteiger partial charge in [-0.25, -0.2) is 4.99 Å². The van der Waals surface area contributed by atoms with Crippen molar-refractivity contribution in [2.45, 2.75) is 26.3 Å². The molecule has 12 aromatic rings. The summed E-state index contributed by atoms with van der Waals surface area (Å²) < 4.78 is 7.67. The van der Waals surface area contributed by atoms with Gasteiger partial charge in [0.2, 0.25) is 0 Å². The number of aromatic nitrogens is 1. The van der Waals surface area contributed by atoms with E-state index in [-0.39, 0.29) is 6.04 Å². The summed E-state index contributed by atoms with van der Waals surface area (Å²) >= 11 is 3.73. The number of nitrogens with zero attached hydrogens (tertiary/aromatic N) is 3. The van der Waals surface area contributed by atoms with E-state index < -0.39 is 0 Å². The van der Waals surface area contributed by atoms with Crippen LogP contribution in [0.25, 0.3) is 89.4 Å². The molecule has 3 nitrogen and oxygen atoms in total. The van der Waals surface area contributed by atoms with Gasteiger partial charge in [0.1, 0.15) is 0 Å². The predicted octanol–water partition coefficient (Wildman–Crippen LogP) is 16.2. The first kappa shape index (κ1) is 36.0. The lowest BCUT2D eigenvalue weighted by molar-refractivity contribution is 0.701. The predicted molar refractivity (Wildman–Crippen MR) is 266 cm³/mol. The fourth-order valence-electron chi connectivity index (χ4n) is 9.39. The van der Waals surface area contributed by atoms with Crippen molar-refractivity contribution in [3.05, 3.63) is 199 Å². The van der Waals surface area contributed by atoms with Gasteiger partial charge >= 0.3 is 0 Å². The van der Waals surface area contributed by atoms with E-state index in [1.165, 1.54) is 94.9 Å². The normalized spacial score (nSPS) is 13.3. The van der Waals surface area contributed by atoms with Crippen molar-refractivity contribution in [1.29, 1.82) is 0 Å². The number of hydrogen-bond acceptors (Lipinski definition) is 3. The summed E-state index contributed by atoms with van der Waals surface area (Å²) in [4.78, 5) is 11.0. The number of benzene rings is 9. The van der Waals surface area contributed by atoms with Crippen molar-refractivity contribution in [2.24, 2.45) is 9.98 Å². The second-order valence-electron chi connectivity index (χ2n) is 16.0. The molecule has 12 rings (SSSR count). The average molecular weight is 818 g/mol. The van der Waals surface area contributed by atoms with Crippen molar-refractivity contribution >= 4 is 118 Å². The van der Waals surface area contributed by atoms with Gasteiger partial charge in [-0.2, -0.15) is 0 Å². The first-order chi connectivity index (χ1) is 30.1. The summed E-state index contributed by atoms with van der Waals surface area (Å²) in [6.45, 7) is 4.36. The first-order valence-corrected chi connectivity index (χ1v) is 22.6. The fourth-order valence-corrected chi connectivity index (χ4v) is 11.8. The molecule has 0 aliphatic rings. The Morgan fingerprint density at radius 3 is 2.03 bits per heavy atom. The van der Waals surface area contributed by atoms with E-state index in [0.29, 0.717) is 0 Å². The molecule has 0 bridgehead atoms. The van der Waals surface area contributed by atoms with Crippen LogP contribution in [0.15, 0.2) is 192 Å². The van der Waals surface area contributed by atoms with Crippen molar-refractivity contribution < 1.29 is 0 Å². The van der Waals surface area contributed by atoms with Gasteiger partial charge in [0.15, 0.2) is 5.84 Å². The third-order valence-corrected chi connectivity index (χ3v) is 14.7. The maximum absolute atomic E-state index is 5.62. The average Bonchev–Trinajstić information content (AvgIpc) is 3.99. The molecule has 0 radical (unpaired) electrons. The molecule has 0 fully saturated rings. The van der Waals surface area contributed by atoms with Gasteiger partial charge < -0.3 is 4.57 Å². The highest BCUT2D eigenvalue weighted by atomic mass is 32.1. The lowest BCUT2D eigenvalue weighted by Crippen LogP contribution is -2.07. The van der Waals surface area contributed by atoms with Crippen LogP contribution in [0.4, 0.5) is 0 Å². The van der Waals surface area contributed by atoms with E-state index in [0.717, 1.165) is 29.1 Å². The molecule has 3 aromatic heterocycles. The second kappa shape index (κ2) is 14.4. The molecule has 0 N–H and O–H groups in total. The number of rotatable bonds is 6. The van der Waals surface area contributed by atoms with Gasteiger partial charge in [0.05, 0.1) is 22.8 Å². The fraction of sp³-hybridized carbons (Fsp3) is 0.0714. The maximum atomic E-state index is 5.62. The van der Waals surface area contributed by atoms with Crippen LogP contribution >= 0.6 is 22.7 Å². The van der Waals surface area contributed by atoms with E-state index in [4.69, 9.17) is 9.98 Å². The zero-order valence-corrected chi connectivity index (χ0v) is 35.4. The van der Waals surface area contributed by atoms with Gasteiger partial charge in [-0.1, -0.05) is 146 Å². The molecule has 0 spiro atoms. The van der Waals surface area contributed by atoms with Gasteiger partial charge in [-0.15, -0.1) is 22.7 Å². The van der Waals surface area contributed by atoms with E-state index in [9.17, 15) is 0 Å². The summed E-state index contributed by atoms with van der Waals surface area (Å²) in [5.41, 5.74) is 7.83. The third kappa shape index (κ3) is 5.91. The molecule has 61 heavy (non-hydrogen) atoms. The van der Waals surface area contributed by atoms with Crippen molar-refractivity contribution in [3.63, 3.8) is 0 Å². The Bertz CT molecular complexity index is 3770. The minimum Gasteiger partial charge on any atom is -0.309 e. The summed E-state index contributed by atoms with van der Waals surface area (Å²) in [5.74, 6) is 0.744. The summed E-state index contributed by atoms with van der Waals surface area (Å²) in [6, 6.07) is 66.3. The van der Waals surface area contributed by atoms with Gasteiger partial charge in [-0.05, 0) is 88.5 Å². The molecule has 0 aliphatic heterocycles. The molecule has 1 unspecified atom stereocenters. The highest BCUT2D eigenvalue weighted by Crippen LogP contribution is 2.46. The van der Waals surface area contributed by atoms with Crippen LogP contribution in [0.2, 0.25) is 0 Å². The molecule has 3 heterocycles. The molecule has 0 saturated heterocycles. The van der Waals surface area contributed by atoms with Crippen LogP contribution in [0, 0.1) is 0 Å². The molecule has 9 aromatic carbocycles. The van der Waals surface area contributed by atoms with E-state index in [2.05, 4.69) is 200 Å². The number of para-hydroxylation sites is 1. The zero-order chi connectivity index (χ0) is 40.6. The smallest absolute Gasteiger partial charge is 0.155 e. The monoisotopic (exact) mass is 817 g/mol. The molecule has 1 atom stereocenters. The summed E-state index contributed by atoms with van der Waals surface area (Å²) in [5, 5.41) is 12.7. The Kier molecular flexibility index (Phi) is 8.48. The number of aliphatic imine (C=N–C) groups is 2. The zero-order valence-electron chi connectivity index (χ0n) is 33.8. The number of fused-ring (bicyclic) bond motifs is 12. The largest absolute Gasteiger partial charge is 0.309 e. The van der Waals surface area contributed by atoms with E-state index in [1.54, 1.807) is 0 Å². The standard InChI is InChI=1S/C56H39N3S2/c1-3-47(58-56(36-16-5-4-6-17-36)57-34(2)37-26-27-44-43-22-12-14-24-51(43)60-52(44)32-37)40-31-50(54-45-28-25-35-15-9-10-20-41(35)55(45)61-53(54)33-40)59-48-23-13-11-21-42(48)46-29-38-18-7-8-19-39(38)30-49(46)59/h4-33,47H,3H2,1-2H3. The van der Waals surface area contributed by atoms with Crippen LogP contribution in [-0.4, -0.2) is 16.1 Å². The minimum atomic E-state index is -0.143. The van der Waals surface area contributed by atoms with Crippen LogP contribution < -0.4 is 0 Å². The Morgan fingerprint density at radius 2 is 1.20 bits per heavy atom. The van der Waals surface area contributed by atoms with Gasteiger partial charge in [-0.3, -0.25) is 4.99 Å². The van der Waals surface area contributed by atoms with Gasteiger partial charge in [0.25, 0.3) is 0 Å². The molecular formula is C56H39N3S2. The van der Waals surface area contributed by atoms with Crippen molar-refractivity contribution in [1.82, 2.24) is 4.57 Å². The number of hydrogen-bond donors (Lipinski definition) is 0. The van der Waals surface area contributed by atoms with E-state index in [1.807, 2.05) is 22.7 Å². The van der Waals surface area contributed by atoms with Crippen LogP contribution in [0.1, 0.15) is 43.0 Å². The summed E-state index contributed by atoms with van der Waals surface area (Å²) in [7, 11) is 0. The number of amidine groups is 1. The molecule has 290 valence electrons. The Morgan fingerprint density at radius 1 is 0.508 bits per heavy atom. The highest BCUT2D eigenvalue weighted by Gasteiger charge is 2.22. The third-order valence-electron chi connectivity index (χ3n) is 12.4. The molecule has 0 aliphatic carbocycles. The van der Waals surface area contributed by atoms with Crippen LogP contribution in [0.3, 0.4) is 0 Å². The van der Waals surface area contributed by atoms with Crippen LogP contribution in [-0.2, 0) is 0 Å². The van der Waals surface area contributed by atoms with E-state index >= 15 is 0 Å². The molecule has 0 amide bonds. The van der Waals surface area contributed by atoms with Crippen molar-refractivity contribution in [3.8, 4) is 5.69 Å². The minimum absolute atomic E-state index is 0.143. The molecule has 5 heteroatoms. The SMILES string of the molecule is CCC(N=C(N=C(C)c1ccc2c(c1)sc1ccccc12)c1ccccc1)c1cc(-n2c3ccccc3c3cc4ccccc4cc32)c2c(c1)sc1c3ccccc3ccc12. The molecule has 0 saturated carbocycles. The second-order valence-corrected chi connectivity index (χ2v) is 18.1. The first-order valence-electron chi connectivity index (χ1n) is 21.0. The van der Waals surface area contributed by atoms with Gasteiger partial charge in [0, 0.05) is 62.4 Å². The lowest BCUT2D eigenvalue weighted by atomic mass is 9.99. The quantitative estimate of drug-likeness (QED) is 0.118. The Labute approximate surface area is 361 Å². The van der Waals surface area contributed by atoms with Crippen LogP contribution in [0.5, 0.6) is 0 Å². The highest BCUT2D eigenvalue weighted by molar-refractivity contribution is 7.27. The Balaban J connectivity index is 1.10. The lowest BCUT2D eigenvalue weighted by Gasteiger charge is -2.17.